The summed E-state index contributed by atoms with van der Waals surface area (Å²) < 4.78 is 0. The smallest absolute Gasteiger partial charge is 0.315 e. The molecule has 22 heavy (non-hydrogen) atoms. The van der Waals surface area contributed by atoms with Crippen LogP contribution in [0.25, 0.3) is 0 Å². The summed E-state index contributed by atoms with van der Waals surface area (Å²) >= 11 is 0. The van der Waals surface area contributed by atoms with E-state index in [0.717, 1.165) is 23.1 Å². The summed E-state index contributed by atoms with van der Waals surface area (Å²) in [5, 5.41) is 14.9. The highest BCUT2D eigenvalue weighted by Crippen LogP contribution is 2.14. The summed E-state index contributed by atoms with van der Waals surface area (Å²) in [6.45, 7) is 2.45. The third-order valence-electron chi connectivity index (χ3n) is 3.45. The van der Waals surface area contributed by atoms with Gasteiger partial charge in [0.25, 0.3) is 0 Å². The lowest BCUT2D eigenvalue weighted by molar-refractivity contribution is 0.236. The number of carbonyl (C=O) groups is 1. The lowest BCUT2D eigenvalue weighted by atomic mass is 10.1. The van der Waals surface area contributed by atoms with Crippen LogP contribution in [0.15, 0.2) is 48.8 Å². The maximum absolute atomic E-state index is 12.0. The molecule has 0 saturated carbocycles. The maximum atomic E-state index is 12.0. The van der Waals surface area contributed by atoms with Crippen LogP contribution in [0.5, 0.6) is 0 Å². The number of amides is 2. The van der Waals surface area contributed by atoms with E-state index in [1.807, 2.05) is 43.3 Å². The standard InChI is InChI=1S/C17H21N3O2/c1-2-16(15-6-8-18-9-7-15)20-17(22)19-11-13-4-3-5-14(10-13)12-21/h3-10,16,21H,2,11-12H2,1H3,(H2,19,20,22). The fourth-order valence-electron chi connectivity index (χ4n) is 2.25. The number of nitrogens with one attached hydrogen (secondary N) is 2. The molecule has 0 bridgehead atoms. The van der Waals surface area contributed by atoms with Gasteiger partial charge in [-0.3, -0.25) is 4.98 Å². The molecule has 2 rings (SSSR count). The Morgan fingerprint density at radius 3 is 2.64 bits per heavy atom. The van der Waals surface area contributed by atoms with Gasteiger partial charge in [-0.25, -0.2) is 4.79 Å². The molecule has 3 N–H and O–H groups in total. The molecule has 5 heteroatoms. The van der Waals surface area contributed by atoms with E-state index >= 15 is 0 Å². The summed E-state index contributed by atoms with van der Waals surface area (Å²) in [7, 11) is 0. The molecule has 1 aromatic carbocycles. The number of aliphatic hydroxyl groups is 1. The quantitative estimate of drug-likeness (QED) is 0.767. The Hall–Kier alpha value is -2.40. The number of nitrogens with zero attached hydrogens (tertiary/aromatic N) is 1. The molecule has 0 radical (unpaired) electrons. The topological polar surface area (TPSA) is 74.2 Å². The number of aromatic nitrogens is 1. The van der Waals surface area contributed by atoms with Gasteiger partial charge < -0.3 is 15.7 Å². The van der Waals surface area contributed by atoms with Gasteiger partial charge in [-0.05, 0) is 35.2 Å². The van der Waals surface area contributed by atoms with Crippen LogP contribution >= 0.6 is 0 Å². The van der Waals surface area contributed by atoms with Gasteiger partial charge in [0, 0.05) is 18.9 Å². The average Bonchev–Trinajstić information content (AvgIpc) is 2.58. The molecule has 1 atom stereocenters. The van der Waals surface area contributed by atoms with Crippen molar-refractivity contribution in [3.05, 3.63) is 65.5 Å². The number of carbonyl (C=O) groups excluding carboxylic acids is 1. The van der Waals surface area contributed by atoms with Gasteiger partial charge in [0.15, 0.2) is 0 Å². The Labute approximate surface area is 130 Å². The van der Waals surface area contributed by atoms with Crippen molar-refractivity contribution in [2.75, 3.05) is 0 Å². The van der Waals surface area contributed by atoms with E-state index in [9.17, 15) is 4.79 Å². The summed E-state index contributed by atoms with van der Waals surface area (Å²) in [5.74, 6) is 0. The molecule has 5 nitrogen and oxygen atoms in total. The second-order valence-electron chi connectivity index (χ2n) is 5.05. The van der Waals surface area contributed by atoms with Crippen molar-refractivity contribution in [1.82, 2.24) is 15.6 Å². The van der Waals surface area contributed by atoms with Gasteiger partial charge in [-0.1, -0.05) is 31.2 Å². The normalized spacial score (nSPS) is 11.7. The van der Waals surface area contributed by atoms with Crippen molar-refractivity contribution in [3.8, 4) is 0 Å². The largest absolute Gasteiger partial charge is 0.392 e. The first kappa shape index (κ1) is 16.0. The van der Waals surface area contributed by atoms with Gasteiger partial charge in [0.05, 0.1) is 12.6 Å². The molecular weight excluding hydrogens is 278 g/mol. The number of aliphatic hydroxyl groups excluding tert-OH is 1. The second kappa shape index (κ2) is 8.14. The van der Waals surface area contributed by atoms with E-state index < -0.39 is 0 Å². The number of hydrogen-bond donors (Lipinski definition) is 3. The minimum Gasteiger partial charge on any atom is -0.392 e. The molecule has 0 saturated heterocycles. The van der Waals surface area contributed by atoms with Crippen molar-refractivity contribution in [2.45, 2.75) is 32.5 Å². The van der Waals surface area contributed by atoms with Crippen LogP contribution in [0.3, 0.4) is 0 Å². The summed E-state index contributed by atoms with van der Waals surface area (Å²) in [5.41, 5.74) is 2.83. The van der Waals surface area contributed by atoms with Crippen LogP contribution in [0.2, 0.25) is 0 Å². The van der Waals surface area contributed by atoms with E-state index in [2.05, 4.69) is 15.6 Å². The lowest BCUT2D eigenvalue weighted by Crippen LogP contribution is -2.37. The van der Waals surface area contributed by atoms with Crippen LogP contribution in [0.4, 0.5) is 4.79 Å². The lowest BCUT2D eigenvalue weighted by Gasteiger charge is -2.17. The molecule has 0 aliphatic rings. The van der Waals surface area contributed by atoms with Crippen LogP contribution in [-0.2, 0) is 13.2 Å². The highest BCUT2D eigenvalue weighted by molar-refractivity contribution is 5.74. The number of rotatable bonds is 6. The molecule has 1 unspecified atom stereocenters. The zero-order chi connectivity index (χ0) is 15.8. The van der Waals surface area contributed by atoms with E-state index in [4.69, 9.17) is 5.11 Å². The number of pyridine rings is 1. The summed E-state index contributed by atoms with van der Waals surface area (Å²) in [4.78, 5) is 16.0. The zero-order valence-electron chi connectivity index (χ0n) is 12.6. The number of hydrogen-bond acceptors (Lipinski definition) is 3. The molecule has 0 spiro atoms. The first-order valence-electron chi connectivity index (χ1n) is 7.36. The molecule has 0 aliphatic heterocycles. The zero-order valence-corrected chi connectivity index (χ0v) is 12.6. The average molecular weight is 299 g/mol. The molecule has 0 aliphatic carbocycles. The van der Waals surface area contributed by atoms with E-state index in [-0.39, 0.29) is 18.7 Å². The Morgan fingerprint density at radius 2 is 1.95 bits per heavy atom. The highest BCUT2D eigenvalue weighted by Gasteiger charge is 2.12. The predicted molar refractivity (Wildman–Crippen MR) is 85.0 cm³/mol. The molecule has 1 aromatic heterocycles. The Kier molecular flexibility index (Phi) is 5.91. The van der Waals surface area contributed by atoms with Crippen molar-refractivity contribution in [2.24, 2.45) is 0 Å². The van der Waals surface area contributed by atoms with Gasteiger partial charge in [0.1, 0.15) is 0 Å². The monoisotopic (exact) mass is 299 g/mol. The number of benzene rings is 1. The third-order valence-corrected chi connectivity index (χ3v) is 3.45. The minimum absolute atomic E-state index is 0.0000120. The fourth-order valence-corrected chi connectivity index (χ4v) is 2.25. The SMILES string of the molecule is CCC(NC(=O)NCc1cccc(CO)c1)c1ccncc1. The fraction of sp³-hybridized carbons (Fsp3) is 0.294. The van der Waals surface area contributed by atoms with Crippen LogP contribution in [0, 0.1) is 0 Å². The molecular formula is C17H21N3O2. The first-order valence-corrected chi connectivity index (χ1v) is 7.36. The summed E-state index contributed by atoms with van der Waals surface area (Å²) in [6.07, 6.45) is 4.24. The Bertz CT molecular complexity index is 602. The number of urea groups is 1. The molecule has 0 fully saturated rings. The minimum atomic E-state index is -0.210. The second-order valence-corrected chi connectivity index (χ2v) is 5.05. The van der Waals surface area contributed by atoms with Crippen molar-refractivity contribution < 1.29 is 9.90 Å². The van der Waals surface area contributed by atoms with Crippen molar-refractivity contribution in [3.63, 3.8) is 0 Å². The molecule has 116 valence electrons. The Morgan fingerprint density at radius 1 is 1.23 bits per heavy atom. The van der Waals surface area contributed by atoms with E-state index in [1.165, 1.54) is 0 Å². The van der Waals surface area contributed by atoms with Crippen molar-refractivity contribution >= 4 is 6.03 Å². The molecule has 1 heterocycles. The first-order chi connectivity index (χ1) is 10.7. The van der Waals surface area contributed by atoms with Gasteiger partial charge in [-0.2, -0.15) is 0 Å². The molecule has 2 aromatic rings. The van der Waals surface area contributed by atoms with E-state index in [0.29, 0.717) is 6.54 Å². The highest BCUT2D eigenvalue weighted by atomic mass is 16.3. The van der Waals surface area contributed by atoms with Gasteiger partial charge in [-0.15, -0.1) is 0 Å². The van der Waals surface area contributed by atoms with Crippen molar-refractivity contribution in [1.29, 1.82) is 0 Å². The third kappa shape index (κ3) is 4.56. The van der Waals surface area contributed by atoms with Crippen LogP contribution in [-0.4, -0.2) is 16.1 Å². The summed E-state index contributed by atoms with van der Waals surface area (Å²) in [6, 6.07) is 11.1. The van der Waals surface area contributed by atoms with E-state index in [1.54, 1.807) is 12.4 Å². The van der Waals surface area contributed by atoms with Crippen LogP contribution < -0.4 is 10.6 Å². The van der Waals surface area contributed by atoms with Gasteiger partial charge in [0.2, 0.25) is 0 Å². The Balaban J connectivity index is 1.89. The predicted octanol–water partition coefficient (Wildman–Crippen LogP) is 2.52. The maximum Gasteiger partial charge on any atom is 0.315 e. The molecule has 2 amide bonds. The van der Waals surface area contributed by atoms with Gasteiger partial charge >= 0.3 is 6.03 Å². The van der Waals surface area contributed by atoms with Crippen LogP contribution in [0.1, 0.15) is 36.1 Å².